The number of hydrogen-bond donors (Lipinski definition) is 0. The highest BCUT2D eigenvalue weighted by Crippen LogP contribution is 2.42. The third kappa shape index (κ3) is 3.23. The van der Waals surface area contributed by atoms with Crippen molar-refractivity contribution in [3.63, 3.8) is 0 Å². The van der Waals surface area contributed by atoms with E-state index in [-0.39, 0.29) is 5.54 Å². The van der Waals surface area contributed by atoms with Gasteiger partial charge in [-0.25, -0.2) is 0 Å². The topological polar surface area (TPSA) is 27.7 Å². The molecule has 0 saturated carbocycles. The van der Waals surface area contributed by atoms with Crippen molar-refractivity contribution >= 4 is 16.9 Å². The van der Waals surface area contributed by atoms with Crippen LogP contribution in [0.3, 0.4) is 0 Å². The van der Waals surface area contributed by atoms with E-state index in [2.05, 4.69) is 38.7 Å². The molecule has 1 aliphatic rings. The Kier molecular flexibility index (Phi) is 6.15. The summed E-state index contributed by atoms with van der Waals surface area (Å²) < 4.78 is 17.0. The Balaban J connectivity index is 3.08. The average Bonchev–Trinajstić information content (AvgIpc) is 2.91. The van der Waals surface area contributed by atoms with E-state index >= 15 is 0 Å². The van der Waals surface area contributed by atoms with Crippen molar-refractivity contribution < 1.29 is 13.3 Å². The van der Waals surface area contributed by atoms with Gasteiger partial charge in [0.1, 0.15) is 0 Å². The fourth-order valence-electron chi connectivity index (χ4n) is 3.05. The van der Waals surface area contributed by atoms with Gasteiger partial charge in [0.15, 0.2) is 0 Å². The minimum atomic E-state index is -2.64. The molecule has 1 unspecified atom stereocenters. The highest BCUT2D eigenvalue weighted by molar-refractivity contribution is 6.85. The fourth-order valence-corrected chi connectivity index (χ4v) is 8.12. The molecular formula is C15H28O3Si2. The highest BCUT2D eigenvalue weighted by Gasteiger charge is 2.48. The predicted molar refractivity (Wildman–Crippen MR) is 89.5 cm³/mol. The van der Waals surface area contributed by atoms with Crippen LogP contribution in [0.1, 0.15) is 13.3 Å². The van der Waals surface area contributed by atoms with Gasteiger partial charge < -0.3 is 13.3 Å². The lowest BCUT2D eigenvalue weighted by atomic mass is 10.2. The molecule has 0 aromatic heterocycles. The Morgan fingerprint density at radius 2 is 1.75 bits per heavy atom. The van der Waals surface area contributed by atoms with E-state index in [9.17, 15) is 0 Å². The van der Waals surface area contributed by atoms with E-state index < -0.39 is 16.9 Å². The molecular weight excluding hydrogens is 284 g/mol. The molecule has 0 heterocycles. The Labute approximate surface area is 125 Å². The van der Waals surface area contributed by atoms with E-state index in [4.69, 9.17) is 13.3 Å². The molecule has 1 aliphatic carbocycles. The van der Waals surface area contributed by atoms with Crippen LogP contribution in [0.2, 0.25) is 24.7 Å². The first-order valence-corrected chi connectivity index (χ1v) is 12.1. The second kappa shape index (κ2) is 7.00. The van der Waals surface area contributed by atoms with Gasteiger partial charge in [-0.3, -0.25) is 0 Å². The molecule has 0 aliphatic heterocycles. The van der Waals surface area contributed by atoms with Gasteiger partial charge in [-0.2, -0.15) is 0 Å². The molecule has 0 radical (unpaired) electrons. The van der Waals surface area contributed by atoms with Crippen LogP contribution in [0.25, 0.3) is 0 Å². The summed E-state index contributed by atoms with van der Waals surface area (Å²) in [6.45, 7) is 10.8. The first-order chi connectivity index (χ1) is 9.38. The molecule has 0 amide bonds. The summed E-state index contributed by atoms with van der Waals surface area (Å²) in [5, 5.41) is 1.51. The maximum absolute atomic E-state index is 5.65. The van der Waals surface area contributed by atoms with E-state index in [1.807, 2.05) is 6.08 Å². The maximum atomic E-state index is 5.65. The van der Waals surface area contributed by atoms with Crippen molar-refractivity contribution in [3.8, 4) is 0 Å². The van der Waals surface area contributed by atoms with Crippen LogP contribution >= 0.6 is 0 Å². The molecule has 1 rings (SSSR count). The van der Waals surface area contributed by atoms with E-state index in [1.165, 1.54) is 10.8 Å². The summed E-state index contributed by atoms with van der Waals surface area (Å²) in [6, 6.07) is 1.09. The normalized spacial score (nSPS) is 17.7. The first kappa shape index (κ1) is 17.6. The first-order valence-electron chi connectivity index (χ1n) is 7.06. The van der Waals surface area contributed by atoms with Crippen molar-refractivity contribution in [2.75, 3.05) is 21.3 Å². The molecule has 0 aromatic rings. The van der Waals surface area contributed by atoms with Gasteiger partial charge in [0.05, 0.1) is 13.6 Å². The van der Waals surface area contributed by atoms with Crippen molar-refractivity contribution in [2.45, 2.75) is 38.0 Å². The third-order valence-corrected chi connectivity index (χ3v) is 10.5. The lowest BCUT2D eigenvalue weighted by molar-refractivity contribution is 0.117. The quantitative estimate of drug-likeness (QED) is 0.502. The second-order valence-electron chi connectivity index (χ2n) is 5.83. The van der Waals surface area contributed by atoms with Gasteiger partial charge in [-0.05, 0) is 18.0 Å². The van der Waals surface area contributed by atoms with E-state index in [1.54, 1.807) is 21.3 Å². The third-order valence-electron chi connectivity index (χ3n) is 4.20. The SMILES string of the molecule is C=CC[Si](C)(C)C1=CCC=C1C(C)[Si](OC)(OC)OC. The molecule has 0 bridgehead atoms. The zero-order valence-electron chi connectivity index (χ0n) is 13.7. The minimum Gasteiger partial charge on any atom is -0.376 e. The summed E-state index contributed by atoms with van der Waals surface area (Å²) >= 11 is 0. The standard InChI is InChI=1S/C15H28O3Si2/c1-8-12-19(6,7)15-11-9-10-14(15)13(2)20(16-3,17-4)18-5/h8,10-11,13H,1,9,12H2,2-7H3. The van der Waals surface area contributed by atoms with Gasteiger partial charge in [-0.1, -0.05) is 43.4 Å². The molecule has 114 valence electrons. The summed E-state index contributed by atoms with van der Waals surface area (Å²) in [5.74, 6) is 0. The predicted octanol–water partition coefficient (Wildman–Crippen LogP) is 3.94. The van der Waals surface area contributed by atoms with Crippen molar-refractivity contribution in [3.05, 3.63) is 35.6 Å². The fraction of sp³-hybridized carbons (Fsp3) is 0.600. The van der Waals surface area contributed by atoms with Crippen molar-refractivity contribution in [1.82, 2.24) is 0 Å². The van der Waals surface area contributed by atoms with Gasteiger partial charge in [-0.15, -0.1) is 6.58 Å². The Morgan fingerprint density at radius 1 is 1.20 bits per heavy atom. The average molecular weight is 313 g/mol. The van der Waals surface area contributed by atoms with Crippen LogP contribution in [0.4, 0.5) is 0 Å². The van der Waals surface area contributed by atoms with Gasteiger partial charge in [0.2, 0.25) is 0 Å². The summed E-state index contributed by atoms with van der Waals surface area (Å²) in [5.41, 5.74) is 1.52. The Morgan fingerprint density at radius 3 is 2.20 bits per heavy atom. The maximum Gasteiger partial charge on any atom is 0.507 e. The Hall–Kier alpha value is -0.466. The number of allylic oxidation sites excluding steroid dienone is 5. The Bertz CT molecular complexity index is 401. The van der Waals surface area contributed by atoms with Crippen LogP contribution in [0, 0.1) is 0 Å². The lowest BCUT2D eigenvalue weighted by Gasteiger charge is -2.35. The van der Waals surface area contributed by atoms with Gasteiger partial charge >= 0.3 is 8.80 Å². The van der Waals surface area contributed by atoms with Crippen molar-refractivity contribution in [2.24, 2.45) is 0 Å². The molecule has 1 atom stereocenters. The molecule has 20 heavy (non-hydrogen) atoms. The van der Waals surface area contributed by atoms with Gasteiger partial charge in [0, 0.05) is 21.3 Å². The zero-order chi connectivity index (χ0) is 15.4. The molecule has 0 aromatic carbocycles. The van der Waals surface area contributed by atoms with Crippen LogP contribution in [-0.4, -0.2) is 38.2 Å². The molecule has 3 nitrogen and oxygen atoms in total. The van der Waals surface area contributed by atoms with Gasteiger partial charge in [0.25, 0.3) is 0 Å². The van der Waals surface area contributed by atoms with Crippen LogP contribution in [-0.2, 0) is 13.3 Å². The molecule has 0 saturated heterocycles. The van der Waals surface area contributed by atoms with Crippen LogP contribution in [0.15, 0.2) is 35.6 Å². The minimum absolute atomic E-state index is 0.160. The largest absolute Gasteiger partial charge is 0.507 e. The van der Waals surface area contributed by atoms with Crippen molar-refractivity contribution in [1.29, 1.82) is 0 Å². The monoisotopic (exact) mass is 312 g/mol. The lowest BCUT2D eigenvalue weighted by Crippen LogP contribution is -2.48. The number of hydrogen-bond acceptors (Lipinski definition) is 3. The van der Waals surface area contributed by atoms with E-state index in [0.717, 1.165) is 12.5 Å². The molecule has 0 fully saturated rings. The summed E-state index contributed by atoms with van der Waals surface area (Å²) in [4.78, 5) is 0. The molecule has 0 N–H and O–H groups in total. The molecule has 5 heteroatoms. The molecule has 0 spiro atoms. The summed E-state index contributed by atoms with van der Waals surface area (Å²) in [7, 11) is 0.919. The summed E-state index contributed by atoms with van der Waals surface area (Å²) in [6.07, 6.45) is 7.71. The van der Waals surface area contributed by atoms with Crippen LogP contribution in [0.5, 0.6) is 0 Å². The number of rotatable bonds is 8. The smallest absolute Gasteiger partial charge is 0.376 e. The second-order valence-corrected chi connectivity index (χ2v) is 13.8. The zero-order valence-corrected chi connectivity index (χ0v) is 15.7. The van der Waals surface area contributed by atoms with E-state index in [0.29, 0.717) is 0 Å². The highest BCUT2D eigenvalue weighted by atomic mass is 28.4. The van der Waals surface area contributed by atoms with Crippen LogP contribution < -0.4 is 0 Å².